The maximum atomic E-state index is 13.5. The van der Waals surface area contributed by atoms with Gasteiger partial charge in [-0.2, -0.15) is 0 Å². The molecule has 4 atom stereocenters. The van der Waals surface area contributed by atoms with Crippen LogP contribution < -0.4 is 10.6 Å². The van der Waals surface area contributed by atoms with Crippen molar-refractivity contribution in [2.75, 3.05) is 32.9 Å². The first-order valence-electron chi connectivity index (χ1n) is 13.8. The second kappa shape index (κ2) is 15.0. The highest BCUT2D eigenvalue weighted by Crippen LogP contribution is 2.28. The van der Waals surface area contributed by atoms with Gasteiger partial charge in [-0.05, 0) is 31.1 Å². The normalized spacial score (nSPS) is 19.8. The summed E-state index contributed by atoms with van der Waals surface area (Å²) < 4.78 is 11.0. The number of carbonyl (C=O) groups excluding carboxylic acids is 3. The third kappa shape index (κ3) is 8.68. The number of hydrogen-bond donors (Lipinski definition) is 4. The van der Waals surface area contributed by atoms with Crippen LogP contribution >= 0.6 is 0 Å². The molecule has 1 saturated carbocycles. The van der Waals surface area contributed by atoms with Gasteiger partial charge in [0.05, 0.1) is 32.0 Å². The van der Waals surface area contributed by atoms with Crippen LogP contribution in [0.25, 0.3) is 0 Å². The maximum Gasteiger partial charge on any atom is 0.411 e. The average molecular weight is 534 g/mol. The summed E-state index contributed by atoms with van der Waals surface area (Å²) in [6.07, 6.45) is 2.24. The van der Waals surface area contributed by atoms with E-state index in [9.17, 15) is 24.6 Å². The lowest BCUT2D eigenvalue weighted by Crippen LogP contribution is -2.56. The highest BCUT2D eigenvalue weighted by atomic mass is 16.6. The Bertz CT molecular complexity index is 886. The molecular formula is C28H43N3O7. The zero-order valence-corrected chi connectivity index (χ0v) is 22.5. The highest BCUT2D eigenvalue weighted by Gasteiger charge is 2.35. The molecule has 1 aromatic carbocycles. The minimum atomic E-state index is -1.24. The quantitative estimate of drug-likeness (QED) is 0.342. The van der Waals surface area contributed by atoms with E-state index in [1.165, 1.54) is 4.90 Å². The Balaban J connectivity index is 1.76. The molecule has 0 aromatic heterocycles. The van der Waals surface area contributed by atoms with Crippen molar-refractivity contribution in [2.45, 2.75) is 76.7 Å². The van der Waals surface area contributed by atoms with Gasteiger partial charge in [0.1, 0.15) is 6.04 Å². The van der Waals surface area contributed by atoms with Crippen LogP contribution in [0.15, 0.2) is 30.3 Å². The molecule has 3 rings (SSSR count). The predicted molar refractivity (Wildman–Crippen MR) is 141 cm³/mol. The lowest BCUT2D eigenvalue weighted by atomic mass is 9.81. The van der Waals surface area contributed by atoms with Crippen LogP contribution in [0.5, 0.6) is 0 Å². The molecule has 212 valence electrons. The largest absolute Gasteiger partial charge is 0.431 e. The molecule has 3 amide bonds. The van der Waals surface area contributed by atoms with E-state index in [-0.39, 0.29) is 11.8 Å². The smallest absolute Gasteiger partial charge is 0.411 e. The van der Waals surface area contributed by atoms with Crippen LogP contribution in [0.4, 0.5) is 4.79 Å². The van der Waals surface area contributed by atoms with Gasteiger partial charge in [0.15, 0.2) is 0 Å². The summed E-state index contributed by atoms with van der Waals surface area (Å²) in [6.45, 7) is 4.97. The minimum Gasteiger partial charge on any atom is -0.431 e. The molecule has 1 heterocycles. The average Bonchev–Trinajstić information content (AvgIpc) is 2.94. The second-order valence-electron chi connectivity index (χ2n) is 10.6. The first kappa shape index (κ1) is 29.9. The minimum absolute atomic E-state index is 0.0526. The standard InChI is InChI=1S/C28H43N3O7/c1-19(2)17-22(26(34)30-24(23(33)18-32)20-9-5-3-6-10-20)29-27(35)25(21-11-7-4-8-12-21)38-28(36)31-13-15-37-16-14-31/h4,7-8,11-12,19-20,22-25,32-33H,3,5-6,9-10,13-18H2,1-2H3,(H,29,35)(H,30,34)/t22-,23-,24?,25?/m1/s1. The van der Waals surface area contributed by atoms with Crippen molar-refractivity contribution in [2.24, 2.45) is 11.8 Å². The first-order chi connectivity index (χ1) is 18.3. The fourth-order valence-corrected chi connectivity index (χ4v) is 5.17. The van der Waals surface area contributed by atoms with E-state index in [4.69, 9.17) is 9.47 Å². The van der Waals surface area contributed by atoms with Gasteiger partial charge < -0.3 is 35.2 Å². The third-order valence-electron chi connectivity index (χ3n) is 7.24. The number of hydrogen-bond acceptors (Lipinski definition) is 7. The van der Waals surface area contributed by atoms with Gasteiger partial charge in [0.25, 0.3) is 5.91 Å². The molecule has 4 N–H and O–H groups in total. The zero-order valence-electron chi connectivity index (χ0n) is 22.5. The number of nitrogens with one attached hydrogen (secondary N) is 2. The molecule has 1 aliphatic carbocycles. The topological polar surface area (TPSA) is 137 Å². The van der Waals surface area contributed by atoms with Crippen molar-refractivity contribution in [1.82, 2.24) is 15.5 Å². The molecule has 1 saturated heterocycles. The molecule has 2 aliphatic rings. The predicted octanol–water partition coefficient (Wildman–Crippen LogP) is 2.15. The molecule has 2 unspecified atom stereocenters. The number of aliphatic hydroxyl groups is 2. The number of ether oxygens (including phenoxy) is 2. The van der Waals surface area contributed by atoms with Crippen LogP contribution in [0.2, 0.25) is 0 Å². The van der Waals surface area contributed by atoms with Gasteiger partial charge in [-0.15, -0.1) is 0 Å². The first-order valence-corrected chi connectivity index (χ1v) is 13.8. The number of nitrogens with zero attached hydrogens (tertiary/aromatic N) is 1. The number of aliphatic hydroxyl groups excluding tert-OH is 2. The van der Waals surface area contributed by atoms with Crippen molar-refractivity contribution in [3.05, 3.63) is 35.9 Å². The summed E-state index contributed by atoms with van der Waals surface area (Å²) in [5.74, 6) is -0.901. The molecular weight excluding hydrogens is 490 g/mol. The lowest BCUT2D eigenvalue weighted by Gasteiger charge is -2.35. The van der Waals surface area contributed by atoms with Crippen molar-refractivity contribution >= 4 is 17.9 Å². The van der Waals surface area contributed by atoms with E-state index in [1.54, 1.807) is 30.3 Å². The van der Waals surface area contributed by atoms with E-state index in [0.717, 1.165) is 32.1 Å². The van der Waals surface area contributed by atoms with Gasteiger partial charge in [-0.25, -0.2) is 4.79 Å². The van der Waals surface area contributed by atoms with Gasteiger partial charge in [0, 0.05) is 18.7 Å². The maximum absolute atomic E-state index is 13.5. The summed E-state index contributed by atoms with van der Waals surface area (Å²) >= 11 is 0. The van der Waals surface area contributed by atoms with E-state index < -0.39 is 48.8 Å². The summed E-state index contributed by atoms with van der Waals surface area (Å²) in [7, 11) is 0. The zero-order chi connectivity index (χ0) is 27.5. The van der Waals surface area contributed by atoms with Crippen molar-refractivity contribution in [1.29, 1.82) is 0 Å². The molecule has 10 nitrogen and oxygen atoms in total. The summed E-state index contributed by atoms with van der Waals surface area (Å²) in [4.78, 5) is 41.3. The molecule has 0 radical (unpaired) electrons. The summed E-state index contributed by atoms with van der Waals surface area (Å²) in [5.41, 5.74) is 0.492. The Morgan fingerprint density at radius 3 is 2.29 bits per heavy atom. The Morgan fingerprint density at radius 2 is 1.68 bits per heavy atom. The number of morpholine rings is 1. The molecule has 10 heteroatoms. The van der Waals surface area contributed by atoms with Crippen LogP contribution in [0, 0.1) is 11.8 Å². The third-order valence-corrected chi connectivity index (χ3v) is 7.24. The highest BCUT2D eigenvalue weighted by molar-refractivity contribution is 5.91. The van der Waals surface area contributed by atoms with E-state index in [1.807, 2.05) is 13.8 Å². The monoisotopic (exact) mass is 533 g/mol. The fourth-order valence-electron chi connectivity index (χ4n) is 5.17. The Morgan fingerprint density at radius 1 is 1.03 bits per heavy atom. The van der Waals surface area contributed by atoms with E-state index in [0.29, 0.717) is 38.3 Å². The number of amides is 3. The van der Waals surface area contributed by atoms with Gasteiger partial charge in [-0.1, -0.05) is 63.4 Å². The second-order valence-corrected chi connectivity index (χ2v) is 10.6. The summed E-state index contributed by atoms with van der Waals surface area (Å²) in [6, 6.07) is 7.19. The molecule has 1 aromatic rings. The molecule has 1 aliphatic heterocycles. The molecule has 0 bridgehead atoms. The van der Waals surface area contributed by atoms with Crippen LogP contribution in [0.3, 0.4) is 0 Å². The van der Waals surface area contributed by atoms with Crippen LogP contribution in [-0.4, -0.2) is 84.1 Å². The molecule has 2 fully saturated rings. The number of rotatable bonds is 11. The molecule has 38 heavy (non-hydrogen) atoms. The Hall–Kier alpha value is -2.69. The van der Waals surface area contributed by atoms with Crippen LogP contribution in [-0.2, 0) is 19.1 Å². The van der Waals surface area contributed by atoms with Crippen molar-refractivity contribution < 1.29 is 34.1 Å². The number of carbonyl (C=O) groups is 3. The number of benzene rings is 1. The Kier molecular flexibility index (Phi) is 11.8. The van der Waals surface area contributed by atoms with Gasteiger partial charge >= 0.3 is 6.09 Å². The summed E-state index contributed by atoms with van der Waals surface area (Å²) in [5, 5.41) is 25.9. The fraction of sp³-hybridized carbons (Fsp3) is 0.679. The SMILES string of the molecule is CC(C)C[C@@H](NC(=O)C(OC(=O)N1CCOCC1)c1ccccc1)C(=O)NC(C1CCCCC1)[C@H](O)CO. The Labute approximate surface area is 225 Å². The van der Waals surface area contributed by atoms with Crippen molar-refractivity contribution in [3.63, 3.8) is 0 Å². The van der Waals surface area contributed by atoms with E-state index in [2.05, 4.69) is 10.6 Å². The van der Waals surface area contributed by atoms with Crippen LogP contribution in [0.1, 0.15) is 64.0 Å². The lowest BCUT2D eigenvalue weighted by molar-refractivity contribution is -0.136. The van der Waals surface area contributed by atoms with Gasteiger partial charge in [0.2, 0.25) is 12.0 Å². The van der Waals surface area contributed by atoms with E-state index >= 15 is 0 Å². The van der Waals surface area contributed by atoms with Crippen molar-refractivity contribution in [3.8, 4) is 0 Å². The molecule has 0 spiro atoms. The van der Waals surface area contributed by atoms with Gasteiger partial charge in [-0.3, -0.25) is 9.59 Å².